The molecule has 0 N–H and O–H groups in total. The lowest BCUT2D eigenvalue weighted by Gasteiger charge is -2.24. The number of hydrogen-bond acceptors (Lipinski definition) is 9. The maximum absolute atomic E-state index is 8.12. The summed E-state index contributed by atoms with van der Waals surface area (Å²) in [5, 5.41) is 13.3. The molecule has 0 radical (unpaired) electrons. The number of hydrogen-bond donors (Lipinski definition) is 0. The second-order valence-corrected chi connectivity index (χ2v) is 8.32. The third-order valence-electron chi connectivity index (χ3n) is 5.44. The number of anilines is 2. The van der Waals surface area contributed by atoms with Crippen LogP contribution in [-0.4, -0.2) is 57.5 Å². The van der Waals surface area contributed by atoms with Crippen LogP contribution in [0.4, 0.5) is 10.8 Å². The number of aromatic nitrogens is 5. The molecule has 2 unspecified atom stereocenters. The Kier molecular flexibility index (Phi) is 5.37. The molecular weight excluding hydrogens is 390 g/mol. The quantitative estimate of drug-likeness (QED) is 0.642. The van der Waals surface area contributed by atoms with E-state index in [-0.39, 0.29) is 6.15 Å². The van der Waals surface area contributed by atoms with Gasteiger partial charge < -0.3 is 9.80 Å². The van der Waals surface area contributed by atoms with Gasteiger partial charge in [0.05, 0.1) is 18.1 Å². The highest BCUT2D eigenvalue weighted by atomic mass is 32.1. The fourth-order valence-electron chi connectivity index (χ4n) is 4.16. The minimum atomic E-state index is 0.250. The summed E-state index contributed by atoms with van der Waals surface area (Å²) in [7, 11) is 1.78. The molecule has 10 heteroatoms. The maximum atomic E-state index is 8.12. The van der Waals surface area contributed by atoms with E-state index in [1.165, 1.54) is 16.0 Å². The first-order valence-corrected chi connectivity index (χ1v) is 10.2. The molecular formula is C19H21N7O2S. The van der Waals surface area contributed by atoms with Crippen LogP contribution >= 0.6 is 11.3 Å². The van der Waals surface area contributed by atoms with Crippen LogP contribution in [0.3, 0.4) is 0 Å². The van der Waals surface area contributed by atoms with Crippen LogP contribution in [0.5, 0.6) is 0 Å². The Morgan fingerprint density at radius 1 is 1.07 bits per heavy atom. The molecule has 9 nitrogen and oxygen atoms in total. The van der Waals surface area contributed by atoms with Crippen molar-refractivity contribution >= 4 is 28.3 Å². The molecule has 1 aromatic carbocycles. The van der Waals surface area contributed by atoms with E-state index in [1.807, 2.05) is 6.20 Å². The fraction of sp³-hybridized carbons (Fsp3) is 0.421. The molecule has 2 aromatic heterocycles. The Balaban J connectivity index is 0.000000645. The number of aryl methyl sites for hydroxylation is 2. The average Bonchev–Trinajstić information content (AvgIpc) is 3.45. The number of para-hydroxylation sites is 1. The zero-order valence-corrected chi connectivity index (χ0v) is 17.0. The van der Waals surface area contributed by atoms with Gasteiger partial charge in [0, 0.05) is 43.7 Å². The molecule has 150 valence electrons. The molecule has 2 aliphatic rings. The first kappa shape index (κ1) is 19.2. The van der Waals surface area contributed by atoms with Gasteiger partial charge in [-0.05, 0) is 23.8 Å². The van der Waals surface area contributed by atoms with Gasteiger partial charge in [0.1, 0.15) is 0 Å². The lowest BCUT2D eigenvalue weighted by Crippen LogP contribution is -2.28. The number of nitrogens with zero attached hydrogens (tertiary/aromatic N) is 7. The van der Waals surface area contributed by atoms with Crippen molar-refractivity contribution in [3.05, 3.63) is 36.0 Å². The van der Waals surface area contributed by atoms with Gasteiger partial charge in [0.25, 0.3) is 0 Å². The molecule has 0 spiro atoms. The van der Waals surface area contributed by atoms with Gasteiger partial charge in [-0.15, -0.1) is 10.2 Å². The number of carbonyl (C=O) groups excluding carboxylic acids is 2. The largest absolute Gasteiger partial charge is 0.373 e. The van der Waals surface area contributed by atoms with E-state index in [0.29, 0.717) is 17.7 Å². The summed E-state index contributed by atoms with van der Waals surface area (Å²) in [6, 6.07) is 8.70. The van der Waals surface area contributed by atoms with Crippen molar-refractivity contribution in [2.75, 3.05) is 36.0 Å². The summed E-state index contributed by atoms with van der Waals surface area (Å²) in [5.41, 5.74) is 2.75. The standard InChI is InChI=1S/C18H21N7S.CO2/c1-12-5-3-4-6-15(12)24-8-13-10-25(11-14(13)9-24)18-19-7-16(26-18)17-20-22-23(2)21-17;2-1-3/h3-7,13-14H,8-11H2,1-2H3;. The summed E-state index contributed by atoms with van der Waals surface area (Å²) >= 11 is 1.66. The van der Waals surface area contributed by atoms with Crippen LogP contribution in [0.25, 0.3) is 10.7 Å². The van der Waals surface area contributed by atoms with Gasteiger partial charge >= 0.3 is 6.15 Å². The van der Waals surface area contributed by atoms with Crippen molar-refractivity contribution in [3.63, 3.8) is 0 Å². The Morgan fingerprint density at radius 3 is 2.34 bits per heavy atom. The van der Waals surface area contributed by atoms with Crippen LogP contribution in [0.1, 0.15) is 5.56 Å². The first-order valence-electron chi connectivity index (χ1n) is 9.34. The van der Waals surface area contributed by atoms with Gasteiger partial charge in [0.2, 0.25) is 5.82 Å². The van der Waals surface area contributed by atoms with Crippen LogP contribution in [0.15, 0.2) is 30.5 Å². The van der Waals surface area contributed by atoms with Gasteiger partial charge in [-0.2, -0.15) is 14.4 Å². The van der Waals surface area contributed by atoms with Crippen LogP contribution < -0.4 is 9.80 Å². The number of benzene rings is 1. The third-order valence-corrected chi connectivity index (χ3v) is 6.49. The maximum Gasteiger partial charge on any atom is 0.373 e. The van der Waals surface area contributed by atoms with Crippen molar-refractivity contribution in [1.82, 2.24) is 25.2 Å². The van der Waals surface area contributed by atoms with E-state index in [2.05, 4.69) is 61.4 Å². The summed E-state index contributed by atoms with van der Waals surface area (Å²) < 4.78 is 0. The predicted octanol–water partition coefficient (Wildman–Crippen LogP) is 1.63. The van der Waals surface area contributed by atoms with E-state index in [0.717, 1.165) is 36.2 Å². The predicted molar refractivity (Wildman–Crippen MR) is 107 cm³/mol. The van der Waals surface area contributed by atoms with E-state index in [4.69, 9.17) is 9.59 Å². The van der Waals surface area contributed by atoms with Crippen LogP contribution in [0.2, 0.25) is 0 Å². The molecule has 2 saturated heterocycles. The Labute approximate surface area is 172 Å². The first-order chi connectivity index (χ1) is 14.1. The normalized spacial score (nSPS) is 20.2. The van der Waals surface area contributed by atoms with E-state index in [9.17, 15) is 0 Å². The molecule has 2 atom stereocenters. The fourth-order valence-corrected chi connectivity index (χ4v) is 5.02. The molecule has 5 rings (SSSR count). The third kappa shape index (κ3) is 3.90. The molecule has 4 heterocycles. The van der Waals surface area contributed by atoms with E-state index in [1.54, 1.807) is 18.4 Å². The molecule has 2 fully saturated rings. The van der Waals surface area contributed by atoms with Crippen molar-refractivity contribution in [2.45, 2.75) is 6.92 Å². The number of rotatable bonds is 3. The summed E-state index contributed by atoms with van der Waals surface area (Å²) in [6.45, 7) is 6.63. The molecule has 29 heavy (non-hydrogen) atoms. The highest BCUT2D eigenvalue weighted by molar-refractivity contribution is 7.18. The van der Waals surface area contributed by atoms with Crippen molar-refractivity contribution < 1.29 is 9.59 Å². The lowest BCUT2D eigenvalue weighted by atomic mass is 10.0. The molecule has 3 aromatic rings. The highest BCUT2D eigenvalue weighted by Crippen LogP contribution is 2.39. The van der Waals surface area contributed by atoms with Crippen molar-refractivity contribution in [2.24, 2.45) is 18.9 Å². The van der Waals surface area contributed by atoms with E-state index >= 15 is 0 Å². The molecule has 0 saturated carbocycles. The Bertz CT molecular complexity index is 1010. The molecule has 0 bridgehead atoms. The Morgan fingerprint density at radius 2 is 1.72 bits per heavy atom. The highest BCUT2D eigenvalue weighted by Gasteiger charge is 2.41. The monoisotopic (exact) mass is 411 g/mol. The lowest BCUT2D eigenvalue weighted by molar-refractivity contribution is -0.191. The summed E-state index contributed by atoms with van der Waals surface area (Å²) in [4.78, 5) is 28.3. The number of fused-ring (bicyclic) bond motifs is 1. The minimum absolute atomic E-state index is 0.250. The topological polar surface area (TPSA) is 97.1 Å². The van der Waals surface area contributed by atoms with Crippen LogP contribution in [-0.2, 0) is 16.6 Å². The second-order valence-electron chi connectivity index (χ2n) is 7.31. The Hall–Kier alpha value is -3.10. The average molecular weight is 411 g/mol. The van der Waals surface area contributed by atoms with Crippen molar-refractivity contribution in [1.29, 1.82) is 0 Å². The molecule has 0 amide bonds. The van der Waals surface area contributed by atoms with Crippen molar-refractivity contribution in [3.8, 4) is 10.7 Å². The second kappa shape index (κ2) is 8.10. The summed E-state index contributed by atoms with van der Waals surface area (Å²) in [6.07, 6.45) is 2.12. The SMILES string of the molecule is Cc1ccccc1N1CC2CN(c3ncc(-c4nnn(C)n4)s3)CC2C1.O=C=O. The molecule has 0 aliphatic carbocycles. The zero-order valence-electron chi connectivity index (χ0n) is 16.2. The summed E-state index contributed by atoms with van der Waals surface area (Å²) in [5.74, 6) is 2.06. The zero-order chi connectivity index (χ0) is 20.4. The van der Waals surface area contributed by atoms with Gasteiger partial charge in [0.15, 0.2) is 5.13 Å². The minimum Gasteiger partial charge on any atom is -0.371 e. The number of thiazole rings is 1. The number of tetrazole rings is 1. The van der Waals surface area contributed by atoms with E-state index < -0.39 is 0 Å². The van der Waals surface area contributed by atoms with Crippen LogP contribution in [0, 0.1) is 18.8 Å². The van der Waals surface area contributed by atoms with Gasteiger partial charge in [-0.25, -0.2) is 4.98 Å². The van der Waals surface area contributed by atoms with Gasteiger partial charge in [-0.3, -0.25) is 0 Å². The molecule has 2 aliphatic heterocycles. The van der Waals surface area contributed by atoms with Gasteiger partial charge in [-0.1, -0.05) is 29.5 Å². The smallest absolute Gasteiger partial charge is 0.371 e.